The summed E-state index contributed by atoms with van der Waals surface area (Å²) < 4.78 is 0. The minimum absolute atomic E-state index is 0.337. The first-order valence-electron chi connectivity index (χ1n) is 9.27. The Morgan fingerprint density at radius 2 is 2.00 bits per heavy atom. The monoisotopic (exact) mass is 398 g/mol. The number of fused-ring (bicyclic) bond motifs is 1. The Kier molecular flexibility index (Phi) is 5.06. The van der Waals surface area contributed by atoms with Gasteiger partial charge in [-0.15, -0.1) is 0 Å². The van der Waals surface area contributed by atoms with Crippen LogP contribution in [0.3, 0.4) is 0 Å². The van der Waals surface area contributed by atoms with Gasteiger partial charge in [0.15, 0.2) is 5.11 Å². The number of rotatable bonds is 2. The third-order valence-electron chi connectivity index (χ3n) is 5.03. The number of thiocarbonyl (C=S) groups is 1. The number of likely N-dealkylation sites (tertiary alicyclic amines) is 1. The Hall–Kier alpha value is -2.11. The zero-order valence-electron chi connectivity index (χ0n) is 15.6. The molecule has 140 valence electrons. The molecule has 0 spiro atoms. The topological polar surface area (TPSA) is 44.0 Å². The second-order valence-electron chi connectivity index (χ2n) is 7.38. The number of aromatic amines is 1. The lowest BCUT2D eigenvalue weighted by atomic mass is 9.98. The lowest BCUT2D eigenvalue weighted by Gasteiger charge is -2.34. The molecule has 1 aliphatic rings. The van der Waals surface area contributed by atoms with Crippen LogP contribution in [0.1, 0.15) is 35.7 Å². The maximum absolute atomic E-state index is 6.10. The number of aryl methyl sites for hydroxylation is 2. The fourth-order valence-corrected chi connectivity index (χ4v) is 4.28. The zero-order chi connectivity index (χ0) is 19.0. The van der Waals surface area contributed by atoms with Crippen LogP contribution in [0.5, 0.6) is 0 Å². The Morgan fingerprint density at radius 1 is 1.22 bits per heavy atom. The van der Waals surface area contributed by atoms with Gasteiger partial charge in [0.2, 0.25) is 0 Å². The maximum atomic E-state index is 6.10. The lowest BCUT2D eigenvalue weighted by Crippen LogP contribution is -2.41. The highest BCUT2D eigenvalue weighted by atomic mass is 35.5. The van der Waals surface area contributed by atoms with Crippen molar-refractivity contribution in [2.45, 2.75) is 32.6 Å². The normalized spacial score (nSPS) is 17.3. The fourth-order valence-electron chi connectivity index (χ4n) is 3.83. The van der Waals surface area contributed by atoms with Gasteiger partial charge in [-0.05, 0) is 80.4 Å². The summed E-state index contributed by atoms with van der Waals surface area (Å²) in [6.45, 7) is 6.04. The number of halogens is 1. The van der Waals surface area contributed by atoms with E-state index in [1.165, 1.54) is 11.1 Å². The number of aromatic nitrogens is 2. The van der Waals surface area contributed by atoms with Gasteiger partial charge >= 0.3 is 0 Å². The van der Waals surface area contributed by atoms with Crippen LogP contribution >= 0.6 is 23.8 Å². The van der Waals surface area contributed by atoms with Gasteiger partial charge in [-0.3, -0.25) is 0 Å². The van der Waals surface area contributed by atoms with E-state index in [0.29, 0.717) is 5.92 Å². The molecule has 1 aliphatic heterocycles. The molecule has 0 radical (unpaired) electrons. The van der Waals surface area contributed by atoms with Crippen LogP contribution < -0.4 is 5.32 Å². The first-order valence-corrected chi connectivity index (χ1v) is 10.1. The number of nitrogens with one attached hydrogen (secondary N) is 2. The van der Waals surface area contributed by atoms with E-state index in [4.69, 9.17) is 28.8 Å². The van der Waals surface area contributed by atoms with Crippen molar-refractivity contribution in [3.8, 4) is 0 Å². The number of H-pyrrole nitrogens is 1. The SMILES string of the molecule is Cc1cc(C)cc(NC(=S)N2CCCC(c3nc4ccc(Cl)cc4[nH]3)C2)c1. The molecule has 0 amide bonds. The van der Waals surface area contributed by atoms with Crippen molar-refractivity contribution in [3.05, 3.63) is 58.4 Å². The Bertz CT molecular complexity index is 977. The van der Waals surface area contributed by atoms with Crippen LogP contribution in [0.2, 0.25) is 5.02 Å². The smallest absolute Gasteiger partial charge is 0.173 e. The largest absolute Gasteiger partial charge is 0.348 e. The standard InChI is InChI=1S/C21H23ClN4S/c1-13-8-14(2)10-17(9-13)23-21(27)26-7-3-4-15(12-26)20-24-18-6-5-16(22)11-19(18)25-20/h5-6,8-11,15H,3-4,7,12H2,1-2H3,(H,23,27)(H,24,25). The summed E-state index contributed by atoms with van der Waals surface area (Å²) in [5.74, 6) is 1.36. The van der Waals surface area contributed by atoms with Crippen molar-refractivity contribution in [2.75, 3.05) is 18.4 Å². The summed E-state index contributed by atoms with van der Waals surface area (Å²) in [7, 11) is 0. The van der Waals surface area contributed by atoms with Crippen molar-refractivity contribution in [1.29, 1.82) is 0 Å². The van der Waals surface area contributed by atoms with E-state index in [-0.39, 0.29) is 0 Å². The molecule has 3 aromatic rings. The third kappa shape index (κ3) is 4.09. The molecule has 1 atom stereocenters. The molecular formula is C21H23ClN4S. The molecule has 4 rings (SSSR count). The van der Waals surface area contributed by atoms with Crippen LogP contribution in [0.25, 0.3) is 11.0 Å². The minimum Gasteiger partial charge on any atom is -0.348 e. The molecule has 27 heavy (non-hydrogen) atoms. The van der Waals surface area contributed by atoms with E-state index in [1.54, 1.807) is 0 Å². The molecule has 0 aliphatic carbocycles. The number of piperidine rings is 1. The maximum Gasteiger partial charge on any atom is 0.173 e. The molecule has 6 heteroatoms. The Labute approximate surface area is 169 Å². The fraction of sp³-hybridized carbons (Fsp3) is 0.333. The van der Waals surface area contributed by atoms with Crippen LogP contribution in [-0.4, -0.2) is 33.1 Å². The van der Waals surface area contributed by atoms with Crippen LogP contribution in [0, 0.1) is 13.8 Å². The summed E-state index contributed by atoms with van der Waals surface area (Å²) in [6.07, 6.45) is 2.20. The first kappa shape index (κ1) is 18.3. The van der Waals surface area contributed by atoms with Gasteiger partial charge < -0.3 is 15.2 Å². The average Bonchev–Trinajstić information content (AvgIpc) is 3.04. The van der Waals surface area contributed by atoms with Crippen molar-refractivity contribution < 1.29 is 0 Å². The second kappa shape index (κ2) is 7.49. The molecule has 2 aromatic carbocycles. The van der Waals surface area contributed by atoms with Crippen molar-refractivity contribution >= 4 is 45.7 Å². The molecule has 1 fully saturated rings. The van der Waals surface area contributed by atoms with Crippen molar-refractivity contribution in [3.63, 3.8) is 0 Å². The highest BCUT2D eigenvalue weighted by molar-refractivity contribution is 7.80. The van der Waals surface area contributed by atoms with Gasteiger partial charge in [-0.25, -0.2) is 4.98 Å². The summed E-state index contributed by atoms with van der Waals surface area (Å²) >= 11 is 11.8. The summed E-state index contributed by atoms with van der Waals surface area (Å²) in [6, 6.07) is 12.2. The highest BCUT2D eigenvalue weighted by Crippen LogP contribution is 2.28. The minimum atomic E-state index is 0.337. The number of nitrogens with zero attached hydrogens (tertiary/aromatic N) is 2. The Morgan fingerprint density at radius 3 is 2.78 bits per heavy atom. The van der Waals surface area contributed by atoms with Gasteiger partial charge in [-0.1, -0.05) is 17.7 Å². The average molecular weight is 399 g/mol. The molecule has 1 aromatic heterocycles. The summed E-state index contributed by atoms with van der Waals surface area (Å²) in [4.78, 5) is 10.5. The van der Waals surface area contributed by atoms with Crippen molar-refractivity contribution in [1.82, 2.24) is 14.9 Å². The van der Waals surface area contributed by atoms with E-state index in [9.17, 15) is 0 Å². The first-order chi connectivity index (χ1) is 13.0. The molecular weight excluding hydrogens is 376 g/mol. The number of anilines is 1. The van der Waals surface area contributed by atoms with E-state index in [2.05, 4.69) is 47.2 Å². The number of hydrogen-bond donors (Lipinski definition) is 2. The van der Waals surface area contributed by atoms with E-state index in [1.807, 2.05) is 18.2 Å². The number of imidazole rings is 1. The number of hydrogen-bond acceptors (Lipinski definition) is 2. The second-order valence-corrected chi connectivity index (χ2v) is 8.20. The molecule has 2 N–H and O–H groups in total. The molecule has 1 unspecified atom stereocenters. The molecule has 2 heterocycles. The van der Waals surface area contributed by atoms with Gasteiger partial charge in [-0.2, -0.15) is 0 Å². The van der Waals surface area contributed by atoms with Crippen LogP contribution in [0.4, 0.5) is 5.69 Å². The van der Waals surface area contributed by atoms with Gasteiger partial charge in [0.25, 0.3) is 0 Å². The van der Waals surface area contributed by atoms with Crippen LogP contribution in [-0.2, 0) is 0 Å². The van der Waals surface area contributed by atoms with Gasteiger partial charge in [0.05, 0.1) is 11.0 Å². The Balaban J connectivity index is 1.48. The molecule has 0 bridgehead atoms. The predicted molar refractivity (Wildman–Crippen MR) is 117 cm³/mol. The lowest BCUT2D eigenvalue weighted by molar-refractivity contribution is 0.307. The third-order valence-corrected chi connectivity index (χ3v) is 5.63. The van der Waals surface area contributed by atoms with Crippen molar-refractivity contribution in [2.24, 2.45) is 0 Å². The molecule has 0 saturated carbocycles. The number of benzene rings is 2. The van der Waals surface area contributed by atoms with E-state index >= 15 is 0 Å². The molecule has 4 nitrogen and oxygen atoms in total. The molecule has 1 saturated heterocycles. The summed E-state index contributed by atoms with van der Waals surface area (Å²) in [5.41, 5.74) is 5.47. The van der Waals surface area contributed by atoms with Gasteiger partial charge in [0, 0.05) is 29.7 Å². The van der Waals surface area contributed by atoms with E-state index < -0.39 is 0 Å². The van der Waals surface area contributed by atoms with E-state index in [0.717, 1.165) is 58.6 Å². The van der Waals surface area contributed by atoms with Gasteiger partial charge in [0.1, 0.15) is 5.82 Å². The predicted octanol–water partition coefficient (Wildman–Crippen LogP) is 5.41. The highest BCUT2D eigenvalue weighted by Gasteiger charge is 2.25. The zero-order valence-corrected chi connectivity index (χ0v) is 17.1. The van der Waals surface area contributed by atoms with Crippen LogP contribution in [0.15, 0.2) is 36.4 Å². The summed E-state index contributed by atoms with van der Waals surface area (Å²) in [5, 5.41) is 4.91. The quantitative estimate of drug-likeness (QED) is 0.566.